The van der Waals surface area contributed by atoms with E-state index in [-0.39, 0.29) is 19.4 Å². The summed E-state index contributed by atoms with van der Waals surface area (Å²) in [5.41, 5.74) is -0.751. The molecular formula is C10H10ClFN2O6S. The molecule has 0 spiro atoms. The molecule has 1 rings (SSSR count). The lowest BCUT2D eigenvalue weighted by atomic mass is 10.3. The van der Waals surface area contributed by atoms with Gasteiger partial charge in [0.25, 0.3) is 5.69 Å². The number of nitrogens with one attached hydrogen (secondary N) is 1. The quantitative estimate of drug-likeness (QED) is 0.440. The van der Waals surface area contributed by atoms with Gasteiger partial charge in [0.1, 0.15) is 15.7 Å². The summed E-state index contributed by atoms with van der Waals surface area (Å²) in [6, 6.07) is 1.04. The van der Waals surface area contributed by atoms with Crippen molar-refractivity contribution < 1.29 is 27.6 Å². The highest BCUT2D eigenvalue weighted by Crippen LogP contribution is 2.29. The van der Waals surface area contributed by atoms with Crippen molar-refractivity contribution in [3.05, 3.63) is 33.1 Å². The highest BCUT2D eigenvalue weighted by molar-refractivity contribution is 7.89. The maximum absolute atomic E-state index is 13.6. The zero-order valence-electron chi connectivity index (χ0n) is 10.4. The summed E-state index contributed by atoms with van der Waals surface area (Å²) < 4.78 is 39.2. The first kappa shape index (κ1) is 17.3. The molecule has 0 atom stereocenters. The fourth-order valence-corrected chi connectivity index (χ4v) is 2.84. The molecule has 0 heterocycles. The molecule has 0 saturated heterocycles. The largest absolute Gasteiger partial charge is 0.481 e. The minimum absolute atomic E-state index is 0.0108. The number of aliphatic carboxylic acids is 1. The van der Waals surface area contributed by atoms with Gasteiger partial charge >= 0.3 is 5.97 Å². The van der Waals surface area contributed by atoms with Crippen LogP contribution in [0.25, 0.3) is 0 Å². The molecule has 1 aromatic rings. The van der Waals surface area contributed by atoms with Crippen LogP contribution in [-0.2, 0) is 14.8 Å². The van der Waals surface area contributed by atoms with Gasteiger partial charge in [-0.2, -0.15) is 0 Å². The molecule has 0 saturated carbocycles. The molecule has 0 unspecified atom stereocenters. The smallest absolute Gasteiger partial charge is 0.303 e. The molecule has 11 heteroatoms. The van der Waals surface area contributed by atoms with E-state index in [1.165, 1.54) is 0 Å². The zero-order chi connectivity index (χ0) is 16.2. The summed E-state index contributed by atoms with van der Waals surface area (Å²) >= 11 is 5.53. The maximum atomic E-state index is 13.6. The molecule has 0 fully saturated rings. The van der Waals surface area contributed by atoms with E-state index in [9.17, 15) is 27.7 Å². The van der Waals surface area contributed by atoms with Crippen LogP contribution in [0.1, 0.15) is 12.8 Å². The predicted octanol–water partition coefficient (Wildman–Crippen LogP) is 1.53. The van der Waals surface area contributed by atoms with E-state index in [0.29, 0.717) is 12.1 Å². The molecule has 0 radical (unpaired) electrons. The Morgan fingerprint density at radius 2 is 2.10 bits per heavy atom. The Balaban J connectivity index is 2.96. The SMILES string of the molecule is O=C(O)CCCNS(=O)(=O)c1cc(Cl)c([N+](=O)[O-])cc1F. The lowest BCUT2D eigenvalue weighted by molar-refractivity contribution is -0.384. The molecule has 0 aliphatic heterocycles. The lowest BCUT2D eigenvalue weighted by Crippen LogP contribution is -2.26. The van der Waals surface area contributed by atoms with E-state index in [4.69, 9.17) is 16.7 Å². The number of carbonyl (C=O) groups is 1. The number of carboxylic acid groups (broad SMARTS) is 1. The zero-order valence-corrected chi connectivity index (χ0v) is 11.9. The van der Waals surface area contributed by atoms with E-state index in [0.717, 1.165) is 0 Å². The number of hydrogen-bond donors (Lipinski definition) is 2. The van der Waals surface area contributed by atoms with Crippen LogP contribution in [0.3, 0.4) is 0 Å². The van der Waals surface area contributed by atoms with E-state index in [1.54, 1.807) is 0 Å². The summed E-state index contributed by atoms with van der Waals surface area (Å²) in [5, 5.41) is 18.4. The molecule has 21 heavy (non-hydrogen) atoms. The summed E-state index contributed by atoms with van der Waals surface area (Å²) in [6.07, 6.45) is -0.247. The van der Waals surface area contributed by atoms with Crippen molar-refractivity contribution in [3.63, 3.8) is 0 Å². The molecule has 1 aromatic carbocycles. The summed E-state index contributed by atoms with van der Waals surface area (Å²) in [7, 11) is -4.28. The molecule has 0 aliphatic carbocycles. The third-order valence-corrected chi connectivity index (χ3v) is 4.13. The van der Waals surface area contributed by atoms with Crippen LogP contribution in [0.15, 0.2) is 17.0 Å². The van der Waals surface area contributed by atoms with Crippen LogP contribution in [-0.4, -0.2) is 31.0 Å². The van der Waals surface area contributed by atoms with Crippen molar-refractivity contribution in [2.24, 2.45) is 0 Å². The molecule has 0 amide bonds. The number of carboxylic acids is 1. The fourth-order valence-electron chi connectivity index (χ4n) is 1.39. The summed E-state index contributed by atoms with van der Waals surface area (Å²) in [5.74, 6) is -2.42. The monoisotopic (exact) mass is 340 g/mol. The summed E-state index contributed by atoms with van der Waals surface area (Å²) in [6.45, 7) is -0.220. The number of sulfonamides is 1. The van der Waals surface area contributed by atoms with Gasteiger partial charge in [-0.3, -0.25) is 14.9 Å². The topological polar surface area (TPSA) is 127 Å². The van der Waals surface area contributed by atoms with Crippen molar-refractivity contribution in [2.45, 2.75) is 17.7 Å². The van der Waals surface area contributed by atoms with Crippen molar-refractivity contribution in [3.8, 4) is 0 Å². The van der Waals surface area contributed by atoms with Crippen LogP contribution in [0.5, 0.6) is 0 Å². The third-order valence-electron chi connectivity index (χ3n) is 2.35. The van der Waals surface area contributed by atoms with Crippen LogP contribution < -0.4 is 4.72 Å². The van der Waals surface area contributed by atoms with Gasteiger partial charge < -0.3 is 5.11 Å². The molecule has 116 valence electrons. The second-order valence-corrected chi connectivity index (χ2v) is 6.03. The number of benzene rings is 1. The van der Waals surface area contributed by atoms with Crippen molar-refractivity contribution >= 4 is 33.3 Å². The van der Waals surface area contributed by atoms with Gasteiger partial charge in [0, 0.05) is 13.0 Å². The minimum Gasteiger partial charge on any atom is -0.481 e. The molecular weight excluding hydrogens is 331 g/mol. The Hall–Kier alpha value is -1.78. The number of nitrogens with zero attached hydrogens (tertiary/aromatic N) is 1. The van der Waals surface area contributed by atoms with Gasteiger partial charge in [-0.1, -0.05) is 11.6 Å². The Kier molecular flexibility index (Phi) is 5.58. The highest BCUT2D eigenvalue weighted by atomic mass is 35.5. The van der Waals surface area contributed by atoms with E-state index in [1.807, 2.05) is 4.72 Å². The number of halogens is 2. The first-order valence-corrected chi connectivity index (χ1v) is 7.36. The van der Waals surface area contributed by atoms with Crippen LogP contribution in [0.4, 0.5) is 10.1 Å². The molecule has 0 aromatic heterocycles. The average Bonchev–Trinajstić information content (AvgIpc) is 2.36. The molecule has 0 aliphatic rings. The predicted molar refractivity (Wildman–Crippen MR) is 70.1 cm³/mol. The first-order chi connectivity index (χ1) is 9.65. The second kappa shape index (κ2) is 6.78. The Morgan fingerprint density at radius 1 is 1.48 bits per heavy atom. The van der Waals surface area contributed by atoms with Crippen LogP contribution in [0.2, 0.25) is 5.02 Å². The molecule has 2 N–H and O–H groups in total. The Bertz CT molecular complexity index is 678. The van der Waals surface area contributed by atoms with Gasteiger partial charge in [-0.15, -0.1) is 0 Å². The number of nitro groups is 1. The van der Waals surface area contributed by atoms with Gasteiger partial charge in [-0.05, 0) is 12.5 Å². The van der Waals surface area contributed by atoms with Gasteiger partial charge in [0.15, 0.2) is 0 Å². The molecule has 0 bridgehead atoms. The normalized spacial score (nSPS) is 11.3. The van der Waals surface area contributed by atoms with Gasteiger partial charge in [0.05, 0.1) is 11.0 Å². The Morgan fingerprint density at radius 3 is 2.62 bits per heavy atom. The van der Waals surface area contributed by atoms with Crippen molar-refractivity contribution in [1.82, 2.24) is 4.72 Å². The van der Waals surface area contributed by atoms with Crippen molar-refractivity contribution in [2.75, 3.05) is 6.54 Å². The van der Waals surface area contributed by atoms with Gasteiger partial charge in [-0.25, -0.2) is 17.5 Å². The summed E-state index contributed by atoms with van der Waals surface area (Å²) in [4.78, 5) is 19.0. The van der Waals surface area contributed by atoms with Crippen molar-refractivity contribution in [1.29, 1.82) is 0 Å². The first-order valence-electron chi connectivity index (χ1n) is 5.50. The van der Waals surface area contributed by atoms with E-state index in [2.05, 4.69) is 0 Å². The minimum atomic E-state index is -4.28. The standard InChI is InChI=1S/C10H10ClFN2O6S/c11-6-4-9(7(12)5-8(6)14(17)18)21(19,20)13-3-1-2-10(15)16/h4-5,13H,1-3H2,(H,15,16). The number of hydrogen-bond acceptors (Lipinski definition) is 5. The average molecular weight is 341 g/mol. The lowest BCUT2D eigenvalue weighted by Gasteiger charge is -2.07. The maximum Gasteiger partial charge on any atom is 0.303 e. The van der Waals surface area contributed by atoms with E-state index < -0.39 is 42.3 Å². The second-order valence-electron chi connectivity index (χ2n) is 3.89. The fraction of sp³-hybridized carbons (Fsp3) is 0.300. The van der Waals surface area contributed by atoms with Crippen LogP contribution >= 0.6 is 11.6 Å². The van der Waals surface area contributed by atoms with E-state index >= 15 is 0 Å². The number of rotatable bonds is 7. The molecule has 8 nitrogen and oxygen atoms in total. The van der Waals surface area contributed by atoms with Gasteiger partial charge in [0.2, 0.25) is 10.0 Å². The van der Waals surface area contributed by atoms with Crippen LogP contribution in [0, 0.1) is 15.9 Å². The Labute approximate surface area is 123 Å². The highest BCUT2D eigenvalue weighted by Gasteiger charge is 2.24. The third kappa shape index (κ3) is 4.62. The number of nitro benzene ring substituents is 1.